The summed E-state index contributed by atoms with van der Waals surface area (Å²) in [5.41, 5.74) is 3.44. The topological polar surface area (TPSA) is 76.9 Å². The first kappa shape index (κ1) is 18.3. The van der Waals surface area contributed by atoms with Gasteiger partial charge in [0, 0.05) is 5.69 Å². The smallest absolute Gasteiger partial charge is 0.263 e. The zero-order valence-electron chi connectivity index (χ0n) is 16.2. The number of hydrogen-bond acceptors (Lipinski definition) is 4. The van der Waals surface area contributed by atoms with Gasteiger partial charge in [-0.25, -0.2) is 9.97 Å². The number of hydrogen-bond donors (Lipinski definition) is 1. The van der Waals surface area contributed by atoms with Gasteiger partial charge < -0.3 is 5.32 Å². The maximum atomic E-state index is 12.9. The van der Waals surface area contributed by atoms with E-state index in [4.69, 9.17) is 0 Å². The van der Waals surface area contributed by atoms with Crippen molar-refractivity contribution in [3.05, 3.63) is 69.9 Å². The summed E-state index contributed by atoms with van der Waals surface area (Å²) in [6, 6.07) is 11.5. The maximum Gasteiger partial charge on any atom is 0.263 e. The summed E-state index contributed by atoms with van der Waals surface area (Å²) in [7, 11) is 0. The van der Waals surface area contributed by atoms with Gasteiger partial charge in [0.25, 0.3) is 5.56 Å². The first-order chi connectivity index (χ1) is 13.5. The van der Waals surface area contributed by atoms with Crippen LogP contribution in [0.4, 0.5) is 0 Å². The highest BCUT2D eigenvalue weighted by Crippen LogP contribution is 2.25. The highest BCUT2D eigenvalue weighted by Gasteiger charge is 2.19. The summed E-state index contributed by atoms with van der Waals surface area (Å²) >= 11 is 0. The molecule has 1 N–H and O–H groups in total. The lowest BCUT2D eigenvalue weighted by Crippen LogP contribution is -2.34. The number of fused-ring (bicyclic) bond motifs is 2. The first-order valence-electron chi connectivity index (χ1n) is 9.73. The molecule has 144 valence electrons. The molecule has 0 aliphatic heterocycles. The molecule has 2 atom stereocenters. The first-order valence-corrected chi connectivity index (χ1v) is 9.73. The second-order valence-corrected chi connectivity index (χ2v) is 7.69. The molecule has 1 aliphatic carbocycles. The minimum Gasteiger partial charge on any atom is -0.348 e. The molecular weight excluding hydrogens is 352 g/mol. The molecule has 2 unspecified atom stereocenters. The molecule has 0 radical (unpaired) electrons. The van der Waals surface area contributed by atoms with Crippen molar-refractivity contribution in [1.29, 1.82) is 0 Å². The third-order valence-electron chi connectivity index (χ3n) is 5.42. The van der Waals surface area contributed by atoms with Gasteiger partial charge in [-0.15, -0.1) is 0 Å². The van der Waals surface area contributed by atoms with Crippen LogP contribution in [0, 0.1) is 5.92 Å². The Morgan fingerprint density at radius 3 is 2.89 bits per heavy atom. The number of aromatic nitrogens is 3. The number of aryl methyl sites for hydroxylation is 1. The van der Waals surface area contributed by atoms with Crippen LogP contribution in [0.3, 0.4) is 0 Å². The molecule has 4 rings (SSSR count). The van der Waals surface area contributed by atoms with E-state index in [1.807, 2.05) is 43.3 Å². The third kappa shape index (κ3) is 3.67. The van der Waals surface area contributed by atoms with Crippen molar-refractivity contribution in [3.8, 4) is 0 Å². The van der Waals surface area contributed by atoms with Gasteiger partial charge in [0.15, 0.2) is 5.65 Å². The fourth-order valence-corrected chi connectivity index (χ4v) is 3.80. The van der Waals surface area contributed by atoms with Crippen LogP contribution in [-0.4, -0.2) is 20.4 Å². The third-order valence-corrected chi connectivity index (χ3v) is 5.42. The average molecular weight is 376 g/mol. The molecule has 28 heavy (non-hydrogen) atoms. The molecule has 2 aromatic heterocycles. The van der Waals surface area contributed by atoms with E-state index in [1.165, 1.54) is 10.9 Å². The molecule has 6 nitrogen and oxygen atoms in total. The van der Waals surface area contributed by atoms with Crippen LogP contribution < -0.4 is 10.9 Å². The van der Waals surface area contributed by atoms with Crippen LogP contribution in [0.15, 0.2) is 47.5 Å². The minimum atomic E-state index is -0.223. The van der Waals surface area contributed by atoms with Crippen molar-refractivity contribution >= 4 is 16.9 Å². The van der Waals surface area contributed by atoms with Gasteiger partial charge in [0.2, 0.25) is 5.91 Å². The molecule has 0 fully saturated rings. The van der Waals surface area contributed by atoms with Crippen molar-refractivity contribution in [2.45, 2.75) is 45.7 Å². The van der Waals surface area contributed by atoms with E-state index in [1.54, 1.807) is 0 Å². The molecule has 0 saturated heterocycles. The van der Waals surface area contributed by atoms with E-state index in [-0.39, 0.29) is 24.1 Å². The lowest BCUT2D eigenvalue weighted by atomic mass is 9.87. The average Bonchev–Trinajstić information content (AvgIpc) is 2.70. The van der Waals surface area contributed by atoms with E-state index in [9.17, 15) is 9.59 Å². The maximum absolute atomic E-state index is 12.9. The number of carbonyl (C=O) groups excluding carboxylic acids is 1. The summed E-state index contributed by atoms with van der Waals surface area (Å²) in [6.45, 7) is 4.07. The normalized spacial score (nSPS) is 17.1. The zero-order chi connectivity index (χ0) is 19.7. The Morgan fingerprint density at radius 2 is 2.11 bits per heavy atom. The van der Waals surface area contributed by atoms with Gasteiger partial charge in [-0.05, 0) is 49.3 Å². The summed E-state index contributed by atoms with van der Waals surface area (Å²) in [4.78, 5) is 34.3. The summed E-state index contributed by atoms with van der Waals surface area (Å²) < 4.78 is 1.36. The van der Waals surface area contributed by atoms with Crippen LogP contribution in [0.2, 0.25) is 0 Å². The Bertz CT molecular complexity index is 1080. The lowest BCUT2D eigenvalue weighted by molar-refractivity contribution is -0.122. The van der Waals surface area contributed by atoms with Gasteiger partial charge in [0.1, 0.15) is 12.9 Å². The van der Waals surface area contributed by atoms with Crippen LogP contribution in [0.5, 0.6) is 0 Å². The number of benzene rings is 1. The number of rotatable bonds is 4. The largest absolute Gasteiger partial charge is 0.348 e. The molecule has 6 heteroatoms. The summed E-state index contributed by atoms with van der Waals surface area (Å²) in [6.07, 6.45) is 4.39. The molecule has 0 spiro atoms. The molecule has 0 saturated carbocycles. The summed E-state index contributed by atoms with van der Waals surface area (Å²) in [5, 5.41) is 3.42. The predicted octanol–water partition coefficient (Wildman–Crippen LogP) is 2.79. The van der Waals surface area contributed by atoms with Crippen LogP contribution in [0.25, 0.3) is 11.0 Å². The Kier molecular flexibility index (Phi) is 4.94. The monoisotopic (exact) mass is 376 g/mol. The molecule has 1 amide bonds. The van der Waals surface area contributed by atoms with Gasteiger partial charge in [0.05, 0.1) is 11.4 Å². The lowest BCUT2D eigenvalue weighted by Gasteiger charge is -2.20. The Hall–Kier alpha value is -3.02. The van der Waals surface area contributed by atoms with Gasteiger partial charge >= 0.3 is 0 Å². The van der Waals surface area contributed by atoms with Crippen LogP contribution >= 0.6 is 0 Å². The highest BCUT2D eigenvalue weighted by molar-refractivity contribution is 5.78. The number of pyridine rings is 1. The van der Waals surface area contributed by atoms with Crippen molar-refractivity contribution in [3.63, 3.8) is 0 Å². The predicted molar refractivity (Wildman–Crippen MR) is 108 cm³/mol. The van der Waals surface area contributed by atoms with Crippen molar-refractivity contribution < 1.29 is 4.79 Å². The second-order valence-electron chi connectivity index (χ2n) is 7.69. The number of nitrogens with zero attached hydrogens (tertiary/aromatic N) is 3. The molecular formula is C22H24N4O2. The fraction of sp³-hybridized carbons (Fsp3) is 0.364. The van der Waals surface area contributed by atoms with Crippen molar-refractivity contribution in [2.75, 3.05) is 0 Å². The number of nitrogens with one attached hydrogen (secondary N) is 1. The fourth-order valence-electron chi connectivity index (χ4n) is 3.80. The van der Waals surface area contributed by atoms with Gasteiger partial charge in [-0.1, -0.05) is 37.3 Å². The number of carbonyl (C=O) groups is 1. The quantitative estimate of drug-likeness (QED) is 0.760. The Labute approximate surface area is 163 Å². The number of amides is 1. The van der Waals surface area contributed by atoms with Gasteiger partial charge in [-0.2, -0.15) is 0 Å². The Morgan fingerprint density at radius 1 is 1.32 bits per heavy atom. The zero-order valence-corrected chi connectivity index (χ0v) is 16.2. The minimum absolute atomic E-state index is 0.0631. The van der Waals surface area contributed by atoms with Gasteiger partial charge in [-0.3, -0.25) is 14.2 Å². The van der Waals surface area contributed by atoms with E-state index < -0.39 is 0 Å². The molecule has 1 aliphatic rings. The van der Waals surface area contributed by atoms with E-state index in [0.29, 0.717) is 17.0 Å². The van der Waals surface area contributed by atoms with Crippen LogP contribution in [0.1, 0.15) is 43.1 Å². The Balaban J connectivity index is 1.56. The van der Waals surface area contributed by atoms with Crippen molar-refractivity contribution in [1.82, 2.24) is 19.9 Å². The second kappa shape index (κ2) is 7.54. The van der Waals surface area contributed by atoms with Crippen molar-refractivity contribution in [2.24, 2.45) is 5.92 Å². The van der Waals surface area contributed by atoms with E-state index >= 15 is 0 Å². The molecule has 2 heterocycles. The SMILES string of the molecule is CC1CCc2nc3ncn(CC(=O)NC(C)c4ccccc4)c(=O)c3cc2C1. The highest BCUT2D eigenvalue weighted by atomic mass is 16.2. The molecule has 0 bridgehead atoms. The molecule has 1 aromatic carbocycles. The van der Waals surface area contributed by atoms with E-state index in [2.05, 4.69) is 22.2 Å². The molecule has 3 aromatic rings. The standard InChI is InChI=1S/C22H24N4O2/c1-14-8-9-19-17(10-14)11-18-21(25-19)23-13-26(22(18)28)12-20(27)24-15(2)16-6-4-3-5-7-16/h3-7,11,13-15H,8-10,12H2,1-2H3,(H,24,27). The summed E-state index contributed by atoms with van der Waals surface area (Å²) in [5.74, 6) is 0.370. The van der Waals surface area contributed by atoms with E-state index in [0.717, 1.165) is 36.1 Å². The van der Waals surface area contributed by atoms with Crippen LogP contribution in [-0.2, 0) is 24.2 Å².